The number of benzene rings is 1. The molecule has 3 heterocycles. The number of pyridine rings is 2. The van der Waals surface area contributed by atoms with Crippen molar-refractivity contribution in [2.75, 3.05) is 5.32 Å². The number of aromatic nitrogens is 4. The van der Waals surface area contributed by atoms with Gasteiger partial charge >= 0.3 is 0 Å². The van der Waals surface area contributed by atoms with Gasteiger partial charge in [-0.15, -0.1) is 0 Å². The molecule has 122 valence electrons. The molecule has 0 saturated carbocycles. The molecule has 1 amide bonds. The number of hydrogen-bond donors (Lipinski definition) is 1. The molecular formula is C19H15N5O. The maximum Gasteiger partial charge on any atom is 0.256 e. The molecule has 0 fully saturated rings. The third-order valence-corrected chi connectivity index (χ3v) is 3.93. The number of nitrogens with zero attached hydrogens (tertiary/aromatic N) is 4. The summed E-state index contributed by atoms with van der Waals surface area (Å²) in [5.41, 5.74) is 3.09. The van der Waals surface area contributed by atoms with Gasteiger partial charge < -0.3 is 9.88 Å². The van der Waals surface area contributed by atoms with Crippen LogP contribution in [0.1, 0.15) is 10.4 Å². The monoisotopic (exact) mass is 329 g/mol. The first-order valence-electron chi connectivity index (χ1n) is 7.80. The van der Waals surface area contributed by atoms with Crippen LogP contribution in [0, 0.1) is 0 Å². The summed E-state index contributed by atoms with van der Waals surface area (Å²) in [5, 5.41) is 3.71. The molecule has 1 N–H and O–H groups in total. The predicted molar refractivity (Wildman–Crippen MR) is 96.1 cm³/mol. The van der Waals surface area contributed by atoms with Crippen LogP contribution in [0.2, 0.25) is 0 Å². The van der Waals surface area contributed by atoms with Crippen molar-refractivity contribution in [2.24, 2.45) is 7.05 Å². The fourth-order valence-electron chi connectivity index (χ4n) is 2.61. The Morgan fingerprint density at radius 2 is 1.92 bits per heavy atom. The summed E-state index contributed by atoms with van der Waals surface area (Å²) >= 11 is 0. The number of imidazole rings is 1. The molecule has 4 aromatic rings. The van der Waals surface area contributed by atoms with Crippen LogP contribution in [0.5, 0.6) is 0 Å². The third kappa shape index (κ3) is 2.97. The zero-order valence-corrected chi connectivity index (χ0v) is 13.5. The summed E-state index contributed by atoms with van der Waals surface area (Å²) in [6, 6.07) is 14.7. The number of fused-ring (bicyclic) bond motifs is 1. The predicted octanol–water partition coefficient (Wildman–Crippen LogP) is 3.28. The Hall–Kier alpha value is -3.54. The van der Waals surface area contributed by atoms with Crippen molar-refractivity contribution in [1.29, 1.82) is 0 Å². The lowest BCUT2D eigenvalue weighted by Gasteiger charge is -2.07. The SMILES string of the molecule is Cn1cncc1-c1ccc2cnc(NC(=O)c3ccccc3)cc2n1. The average Bonchev–Trinajstić information content (AvgIpc) is 3.08. The molecule has 4 rings (SSSR count). The van der Waals surface area contributed by atoms with Crippen LogP contribution in [0.15, 0.2) is 67.3 Å². The molecule has 3 aromatic heterocycles. The van der Waals surface area contributed by atoms with Gasteiger partial charge in [-0.1, -0.05) is 18.2 Å². The van der Waals surface area contributed by atoms with Gasteiger partial charge in [-0.05, 0) is 24.3 Å². The molecule has 0 aliphatic heterocycles. The van der Waals surface area contributed by atoms with E-state index < -0.39 is 0 Å². The zero-order valence-electron chi connectivity index (χ0n) is 13.5. The van der Waals surface area contributed by atoms with Crippen molar-refractivity contribution in [3.63, 3.8) is 0 Å². The van der Waals surface area contributed by atoms with Gasteiger partial charge in [0.05, 0.1) is 29.4 Å². The zero-order chi connectivity index (χ0) is 17.2. The molecule has 0 radical (unpaired) electrons. The summed E-state index contributed by atoms with van der Waals surface area (Å²) in [6.07, 6.45) is 5.21. The summed E-state index contributed by atoms with van der Waals surface area (Å²) in [7, 11) is 1.92. The Morgan fingerprint density at radius 1 is 1.08 bits per heavy atom. The summed E-state index contributed by atoms with van der Waals surface area (Å²) in [5.74, 6) is 0.270. The molecule has 6 heteroatoms. The highest BCUT2D eigenvalue weighted by Crippen LogP contribution is 2.21. The lowest BCUT2D eigenvalue weighted by atomic mass is 10.2. The Labute approximate surface area is 144 Å². The standard InChI is InChI=1S/C19H15N5O/c1-24-12-20-11-17(24)15-8-7-14-10-21-18(9-16(14)22-15)23-19(25)13-5-3-2-4-6-13/h2-12H,1H3,(H,21,23,25). The largest absolute Gasteiger partial charge is 0.332 e. The van der Waals surface area contributed by atoms with E-state index in [1.54, 1.807) is 36.9 Å². The number of anilines is 1. The van der Waals surface area contributed by atoms with Crippen LogP contribution in [0.25, 0.3) is 22.3 Å². The van der Waals surface area contributed by atoms with E-state index in [9.17, 15) is 4.79 Å². The summed E-state index contributed by atoms with van der Waals surface area (Å²) in [6.45, 7) is 0. The summed E-state index contributed by atoms with van der Waals surface area (Å²) in [4.78, 5) is 25.3. The van der Waals surface area contributed by atoms with Gasteiger partial charge in [0.25, 0.3) is 5.91 Å². The Bertz CT molecular complexity index is 1060. The van der Waals surface area contributed by atoms with E-state index in [-0.39, 0.29) is 5.91 Å². The minimum absolute atomic E-state index is 0.199. The Morgan fingerprint density at radius 3 is 2.68 bits per heavy atom. The molecule has 0 aliphatic rings. The molecule has 25 heavy (non-hydrogen) atoms. The van der Waals surface area contributed by atoms with Crippen molar-refractivity contribution in [3.8, 4) is 11.4 Å². The van der Waals surface area contributed by atoms with Crippen molar-refractivity contribution in [2.45, 2.75) is 0 Å². The summed E-state index contributed by atoms with van der Waals surface area (Å²) < 4.78 is 1.91. The van der Waals surface area contributed by atoms with Crippen molar-refractivity contribution >= 4 is 22.6 Å². The number of aryl methyl sites for hydroxylation is 1. The fourth-order valence-corrected chi connectivity index (χ4v) is 2.61. The van der Waals surface area contributed by atoms with Crippen LogP contribution >= 0.6 is 0 Å². The lowest BCUT2D eigenvalue weighted by Crippen LogP contribution is -2.12. The average molecular weight is 329 g/mol. The van der Waals surface area contributed by atoms with Gasteiger partial charge in [-0.3, -0.25) is 4.79 Å². The molecule has 0 unspecified atom stereocenters. The van der Waals surface area contributed by atoms with Gasteiger partial charge in [0.1, 0.15) is 5.82 Å². The smallest absolute Gasteiger partial charge is 0.256 e. The van der Waals surface area contributed by atoms with E-state index in [0.717, 1.165) is 22.3 Å². The van der Waals surface area contributed by atoms with Gasteiger partial charge in [0.2, 0.25) is 0 Å². The van der Waals surface area contributed by atoms with Crippen LogP contribution in [-0.4, -0.2) is 25.4 Å². The number of carbonyl (C=O) groups excluding carboxylic acids is 1. The van der Waals surface area contributed by atoms with E-state index in [0.29, 0.717) is 11.4 Å². The number of carbonyl (C=O) groups is 1. The van der Waals surface area contributed by atoms with Crippen molar-refractivity contribution in [3.05, 3.63) is 72.8 Å². The van der Waals surface area contributed by atoms with Crippen LogP contribution in [0.3, 0.4) is 0 Å². The highest BCUT2D eigenvalue weighted by molar-refractivity contribution is 6.04. The first-order valence-corrected chi connectivity index (χ1v) is 7.80. The molecule has 6 nitrogen and oxygen atoms in total. The second kappa shape index (κ2) is 6.16. The van der Waals surface area contributed by atoms with Crippen LogP contribution < -0.4 is 5.32 Å². The molecule has 0 atom stereocenters. The first-order chi connectivity index (χ1) is 12.2. The quantitative estimate of drug-likeness (QED) is 0.626. The second-order valence-corrected chi connectivity index (χ2v) is 5.67. The Kier molecular flexibility index (Phi) is 3.70. The van der Waals surface area contributed by atoms with E-state index in [1.807, 2.05) is 41.9 Å². The van der Waals surface area contributed by atoms with Crippen LogP contribution in [0.4, 0.5) is 5.82 Å². The third-order valence-electron chi connectivity index (χ3n) is 3.93. The first kappa shape index (κ1) is 15.0. The molecule has 1 aromatic carbocycles. The Balaban J connectivity index is 1.67. The van der Waals surface area contributed by atoms with Gasteiger partial charge in [0, 0.05) is 30.3 Å². The van der Waals surface area contributed by atoms with E-state index in [2.05, 4.69) is 20.3 Å². The normalized spacial score (nSPS) is 10.8. The van der Waals surface area contributed by atoms with E-state index in [4.69, 9.17) is 0 Å². The minimum atomic E-state index is -0.199. The molecule has 0 spiro atoms. The fraction of sp³-hybridized carbons (Fsp3) is 0.0526. The van der Waals surface area contributed by atoms with Crippen LogP contribution in [-0.2, 0) is 7.05 Å². The van der Waals surface area contributed by atoms with Gasteiger partial charge in [0.15, 0.2) is 0 Å². The molecule has 0 aliphatic carbocycles. The highest BCUT2D eigenvalue weighted by Gasteiger charge is 2.09. The van der Waals surface area contributed by atoms with E-state index >= 15 is 0 Å². The van der Waals surface area contributed by atoms with Crippen molar-refractivity contribution < 1.29 is 4.79 Å². The number of nitrogens with one attached hydrogen (secondary N) is 1. The maximum atomic E-state index is 12.3. The van der Waals surface area contributed by atoms with E-state index in [1.165, 1.54) is 0 Å². The topological polar surface area (TPSA) is 72.7 Å². The molecule has 0 saturated heterocycles. The minimum Gasteiger partial charge on any atom is -0.332 e. The second-order valence-electron chi connectivity index (χ2n) is 5.67. The molecular weight excluding hydrogens is 314 g/mol. The number of amides is 1. The van der Waals surface area contributed by atoms with Gasteiger partial charge in [-0.25, -0.2) is 15.0 Å². The molecule has 0 bridgehead atoms. The lowest BCUT2D eigenvalue weighted by molar-refractivity contribution is 0.102. The maximum absolute atomic E-state index is 12.3. The number of hydrogen-bond acceptors (Lipinski definition) is 4. The number of rotatable bonds is 3. The van der Waals surface area contributed by atoms with Gasteiger partial charge in [-0.2, -0.15) is 0 Å². The van der Waals surface area contributed by atoms with Crippen molar-refractivity contribution in [1.82, 2.24) is 19.5 Å². The highest BCUT2D eigenvalue weighted by atomic mass is 16.1.